The van der Waals surface area contributed by atoms with Gasteiger partial charge in [0.1, 0.15) is 12.5 Å². The topological polar surface area (TPSA) is 105 Å². The third-order valence-electron chi connectivity index (χ3n) is 2.97. The smallest absolute Gasteiger partial charge is 0.409 e. The fraction of sp³-hybridized carbons (Fsp3) is 0.308. The summed E-state index contributed by atoms with van der Waals surface area (Å²) >= 11 is 0. The highest BCUT2D eigenvalue weighted by Crippen LogP contribution is 2.22. The summed E-state index contributed by atoms with van der Waals surface area (Å²) in [4.78, 5) is 22.2. The van der Waals surface area contributed by atoms with Gasteiger partial charge in [0.15, 0.2) is 0 Å². The number of carbonyl (C=O) groups is 2. The third-order valence-corrected chi connectivity index (χ3v) is 2.97. The number of ether oxygens (including phenoxy) is 1. The molecule has 1 heterocycles. The largest absolute Gasteiger partial charge is 0.411 e. The van der Waals surface area contributed by atoms with E-state index in [-0.39, 0.29) is 11.8 Å². The number of aliphatic hydroxyl groups excluding tert-OH is 1. The van der Waals surface area contributed by atoms with Gasteiger partial charge < -0.3 is 15.6 Å². The van der Waals surface area contributed by atoms with Crippen LogP contribution in [0.3, 0.4) is 0 Å². The highest BCUT2D eigenvalue weighted by molar-refractivity contribution is 6.05. The second-order valence-corrected chi connectivity index (χ2v) is 4.47. The third kappa shape index (κ3) is 2.94. The zero-order valence-electron chi connectivity index (χ0n) is 10.9. The summed E-state index contributed by atoms with van der Waals surface area (Å²) in [5, 5.41) is 14.3. The number of carbonyl (C=O) groups excluding carboxylic acids is 2. The van der Waals surface area contributed by atoms with Crippen LogP contribution < -0.4 is 10.5 Å². The Labute approximate surface area is 115 Å². The van der Waals surface area contributed by atoms with Gasteiger partial charge in [-0.15, -0.1) is 0 Å². The van der Waals surface area contributed by atoms with Crippen LogP contribution >= 0.6 is 0 Å². The summed E-state index contributed by atoms with van der Waals surface area (Å²) in [5.41, 5.74) is 6.41. The number of aliphatic hydroxyl groups is 1. The number of nitrogens with zero attached hydrogens (tertiary/aromatic N) is 2. The molecule has 7 heteroatoms. The van der Waals surface area contributed by atoms with Crippen LogP contribution in [0.15, 0.2) is 29.4 Å². The Morgan fingerprint density at radius 3 is 2.70 bits per heavy atom. The van der Waals surface area contributed by atoms with Gasteiger partial charge in [0, 0.05) is 12.3 Å². The predicted octanol–water partition coefficient (Wildman–Crippen LogP) is 0.666. The molecule has 2 amide bonds. The molecular formula is C13H15N3O4. The summed E-state index contributed by atoms with van der Waals surface area (Å²) in [6.45, 7) is 1.44. The Balaban J connectivity index is 2.26. The molecule has 1 aliphatic heterocycles. The second-order valence-electron chi connectivity index (χ2n) is 4.47. The molecule has 1 aromatic rings. The van der Waals surface area contributed by atoms with E-state index in [9.17, 15) is 9.59 Å². The molecule has 106 valence electrons. The number of nitrogens with two attached hydrogens (primary N) is 1. The van der Waals surface area contributed by atoms with Crippen LogP contribution in [0.1, 0.15) is 18.9 Å². The molecule has 1 atom stereocenters. The zero-order valence-corrected chi connectivity index (χ0v) is 10.9. The van der Waals surface area contributed by atoms with Crippen LogP contribution in [0.4, 0.5) is 4.79 Å². The fourth-order valence-corrected chi connectivity index (χ4v) is 2.01. The lowest BCUT2D eigenvalue weighted by molar-refractivity contribution is -0.136. The van der Waals surface area contributed by atoms with E-state index in [0.29, 0.717) is 17.9 Å². The standard InChI is InChI=1S/C13H15N3O4/c1-8-6-11(18)16(7-17)15-12(8)9-2-4-10(5-3-9)20-13(14)19/h2-5,8,17H,6-7H2,1H3,(H2,14,19). The van der Waals surface area contributed by atoms with Crippen molar-refractivity contribution < 1.29 is 19.4 Å². The summed E-state index contributed by atoms with van der Waals surface area (Å²) in [7, 11) is 0. The first-order valence-electron chi connectivity index (χ1n) is 6.08. The quantitative estimate of drug-likeness (QED) is 0.846. The lowest BCUT2D eigenvalue weighted by atomic mass is 9.94. The van der Waals surface area contributed by atoms with Crippen LogP contribution in [0.2, 0.25) is 0 Å². The Kier molecular flexibility index (Phi) is 3.99. The van der Waals surface area contributed by atoms with Crippen LogP contribution in [0.25, 0.3) is 0 Å². The Hall–Kier alpha value is -2.41. The van der Waals surface area contributed by atoms with E-state index in [1.54, 1.807) is 24.3 Å². The van der Waals surface area contributed by atoms with Crippen molar-refractivity contribution in [2.75, 3.05) is 6.73 Å². The van der Waals surface area contributed by atoms with Crippen molar-refractivity contribution in [2.24, 2.45) is 16.8 Å². The van der Waals surface area contributed by atoms with E-state index in [4.69, 9.17) is 15.6 Å². The van der Waals surface area contributed by atoms with E-state index in [1.807, 2.05) is 6.92 Å². The fourth-order valence-electron chi connectivity index (χ4n) is 2.01. The van der Waals surface area contributed by atoms with Crippen LogP contribution in [-0.2, 0) is 4.79 Å². The van der Waals surface area contributed by atoms with E-state index >= 15 is 0 Å². The van der Waals surface area contributed by atoms with E-state index < -0.39 is 12.8 Å². The molecule has 0 aliphatic carbocycles. The van der Waals surface area contributed by atoms with Crippen LogP contribution in [0, 0.1) is 5.92 Å². The van der Waals surface area contributed by atoms with Crippen LogP contribution in [0.5, 0.6) is 5.75 Å². The normalized spacial score (nSPS) is 18.7. The molecule has 0 saturated heterocycles. The molecule has 7 nitrogen and oxygen atoms in total. The Morgan fingerprint density at radius 1 is 1.50 bits per heavy atom. The maximum Gasteiger partial charge on any atom is 0.409 e. The monoisotopic (exact) mass is 277 g/mol. The van der Waals surface area contributed by atoms with Gasteiger partial charge in [-0.1, -0.05) is 6.92 Å². The minimum absolute atomic E-state index is 0.0480. The van der Waals surface area contributed by atoms with Gasteiger partial charge in [-0.3, -0.25) is 4.79 Å². The molecule has 3 N–H and O–H groups in total. The lowest BCUT2D eigenvalue weighted by Crippen LogP contribution is -2.36. The van der Waals surface area contributed by atoms with Crippen molar-refractivity contribution in [2.45, 2.75) is 13.3 Å². The van der Waals surface area contributed by atoms with Crippen molar-refractivity contribution in [3.8, 4) is 5.75 Å². The molecule has 0 aromatic heterocycles. The van der Waals surface area contributed by atoms with E-state index in [2.05, 4.69) is 5.10 Å². The zero-order chi connectivity index (χ0) is 14.7. The molecular weight excluding hydrogens is 262 g/mol. The predicted molar refractivity (Wildman–Crippen MR) is 70.9 cm³/mol. The lowest BCUT2D eigenvalue weighted by Gasteiger charge is -2.26. The molecule has 0 spiro atoms. The van der Waals surface area contributed by atoms with Crippen molar-refractivity contribution >= 4 is 17.7 Å². The van der Waals surface area contributed by atoms with Crippen LogP contribution in [-0.4, -0.2) is 34.6 Å². The van der Waals surface area contributed by atoms with Crippen molar-refractivity contribution in [1.29, 1.82) is 0 Å². The number of benzene rings is 1. The van der Waals surface area contributed by atoms with Gasteiger partial charge in [0.05, 0.1) is 5.71 Å². The van der Waals surface area contributed by atoms with Crippen molar-refractivity contribution in [3.05, 3.63) is 29.8 Å². The van der Waals surface area contributed by atoms with Gasteiger partial charge in [0.2, 0.25) is 5.91 Å². The van der Waals surface area contributed by atoms with Gasteiger partial charge in [-0.25, -0.2) is 9.80 Å². The number of hydrazone groups is 1. The molecule has 1 unspecified atom stereocenters. The summed E-state index contributed by atoms with van der Waals surface area (Å²) < 4.78 is 4.74. The molecule has 0 saturated carbocycles. The average Bonchev–Trinajstić information content (AvgIpc) is 2.39. The summed E-state index contributed by atoms with van der Waals surface area (Å²) in [6.07, 6.45) is -0.586. The maximum absolute atomic E-state index is 11.6. The SMILES string of the molecule is CC1CC(=O)N(CO)N=C1c1ccc(OC(N)=O)cc1. The minimum Gasteiger partial charge on any atom is -0.411 e. The Morgan fingerprint density at radius 2 is 2.15 bits per heavy atom. The first-order chi connectivity index (χ1) is 9.51. The molecule has 1 aliphatic rings. The van der Waals surface area contributed by atoms with Gasteiger partial charge >= 0.3 is 6.09 Å². The number of amides is 2. The average molecular weight is 277 g/mol. The number of hydrogen-bond donors (Lipinski definition) is 2. The summed E-state index contributed by atoms with van der Waals surface area (Å²) in [5.74, 6) is 0.0750. The van der Waals surface area contributed by atoms with E-state index in [1.165, 1.54) is 0 Å². The number of primary amides is 1. The first kappa shape index (κ1) is 14.0. The van der Waals surface area contributed by atoms with Gasteiger partial charge in [-0.2, -0.15) is 5.10 Å². The molecule has 1 aromatic carbocycles. The first-order valence-corrected chi connectivity index (χ1v) is 6.08. The molecule has 20 heavy (non-hydrogen) atoms. The number of hydrogen-bond acceptors (Lipinski definition) is 5. The molecule has 0 bridgehead atoms. The van der Waals surface area contributed by atoms with Crippen molar-refractivity contribution in [3.63, 3.8) is 0 Å². The highest BCUT2D eigenvalue weighted by Gasteiger charge is 2.26. The van der Waals surface area contributed by atoms with E-state index in [0.717, 1.165) is 10.6 Å². The van der Waals surface area contributed by atoms with Gasteiger partial charge in [-0.05, 0) is 29.8 Å². The molecule has 0 fully saturated rings. The minimum atomic E-state index is -0.877. The van der Waals surface area contributed by atoms with Gasteiger partial charge in [0.25, 0.3) is 0 Å². The highest BCUT2D eigenvalue weighted by atomic mass is 16.5. The maximum atomic E-state index is 11.6. The number of rotatable bonds is 3. The summed E-state index contributed by atoms with van der Waals surface area (Å²) in [6, 6.07) is 6.63. The second kappa shape index (κ2) is 5.70. The Bertz CT molecular complexity index is 553. The van der Waals surface area contributed by atoms with Crippen molar-refractivity contribution in [1.82, 2.24) is 5.01 Å². The molecule has 2 rings (SSSR count). The molecule has 0 radical (unpaired) electrons.